The van der Waals surface area contributed by atoms with Crippen molar-refractivity contribution in [3.63, 3.8) is 0 Å². The maximum atomic E-state index is 13.1. The van der Waals surface area contributed by atoms with E-state index in [1.165, 1.54) is 24.3 Å². The van der Waals surface area contributed by atoms with Crippen molar-refractivity contribution >= 4 is 35.5 Å². The highest BCUT2D eigenvalue weighted by molar-refractivity contribution is 6.18. The molecule has 0 saturated carbocycles. The summed E-state index contributed by atoms with van der Waals surface area (Å²) in [6, 6.07) is 24.7. The number of halogens is 1. The summed E-state index contributed by atoms with van der Waals surface area (Å²) in [5, 5.41) is 12.9. The fourth-order valence-corrected chi connectivity index (χ4v) is 3.49. The number of carbonyl (C=O) groups excluding carboxylic acids is 3. The minimum atomic E-state index is -2.18. The zero-order valence-electron chi connectivity index (χ0n) is 20.2. The van der Waals surface area contributed by atoms with Gasteiger partial charge in [-0.2, -0.15) is 0 Å². The second-order valence-corrected chi connectivity index (χ2v) is 8.36. The Hall–Kier alpha value is -4.21. The van der Waals surface area contributed by atoms with Crippen LogP contribution in [0.25, 0.3) is 0 Å². The van der Waals surface area contributed by atoms with Gasteiger partial charge in [-0.1, -0.05) is 66.7 Å². The van der Waals surface area contributed by atoms with E-state index >= 15 is 0 Å². The first kappa shape index (κ1) is 28.4. The Morgan fingerprint density at radius 3 is 1.66 bits per heavy atom. The molecule has 10 heteroatoms. The van der Waals surface area contributed by atoms with Gasteiger partial charge in [-0.25, -0.2) is 19.2 Å². The molecule has 0 amide bonds. The summed E-state index contributed by atoms with van der Waals surface area (Å²) < 4.78 is 15.7. The van der Waals surface area contributed by atoms with Gasteiger partial charge in [-0.05, 0) is 29.8 Å². The molecule has 198 valence electrons. The molecule has 0 saturated heterocycles. The highest BCUT2D eigenvalue weighted by Crippen LogP contribution is 2.16. The molecule has 2 N–H and O–H groups in total. The van der Waals surface area contributed by atoms with E-state index in [4.69, 9.17) is 25.8 Å². The van der Waals surface area contributed by atoms with Crippen LogP contribution in [0.3, 0.4) is 0 Å². The van der Waals surface area contributed by atoms with Gasteiger partial charge in [0.25, 0.3) is 0 Å². The molecule has 0 aliphatic carbocycles. The summed E-state index contributed by atoms with van der Waals surface area (Å²) in [4.78, 5) is 50.5. The van der Waals surface area contributed by atoms with Crippen molar-refractivity contribution < 1.29 is 38.5 Å². The van der Waals surface area contributed by atoms with Crippen LogP contribution < -0.4 is 5.32 Å². The molecule has 38 heavy (non-hydrogen) atoms. The van der Waals surface area contributed by atoms with Gasteiger partial charge in [0, 0.05) is 13.1 Å². The molecule has 3 unspecified atom stereocenters. The Morgan fingerprint density at radius 1 is 0.711 bits per heavy atom. The lowest BCUT2D eigenvalue weighted by molar-refractivity contribution is -0.173. The van der Waals surface area contributed by atoms with Gasteiger partial charge in [0.05, 0.1) is 17.0 Å². The standard InChI is InChI=1S/C28H26ClNO8/c29-16-22(18-30-17-19-10-4-1-5-11-19)36-28(35)24(38-27(34)21-14-8-3-9-15-21)23(25(31)32)37-26(33)20-12-6-2-7-13-20/h1-15,22-24,30H,16-18H2,(H,31,32). The number of carboxylic acid groups (broad SMARTS) is 1. The smallest absolute Gasteiger partial charge is 0.352 e. The Labute approximate surface area is 224 Å². The average Bonchev–Trinajstić information content (AvgIpc) is 2.95. The normalized spacial score (nSPS) is 13.0. The van der Waals surface area contributed by atoms with Gasteiger partial charge in [0.1, 0.15) is 6.10 Å². The van der Waals surface area contributed by atoms with E-state index in [0.717, 1.165) is 5.56 Å². The lowest BCUT2D eigenvalue weighted by atomic mass is 10.1. The highest BCUT2D eigenvalue weighted by atomic mass is 35.5. The number of carbonyl (C=O) groups is 4. The van der Waals surface area contributed by atoms with Gasteiger partial charge in [-0.3, -0.25) is 0 Å². The van der Waals surface area contributed by atoms with Crippen LogP contribution in [0, 0.1) is 0 Å². The van der Waals surface area contributed by atoms with Crippen molar-refractivity contribution in [1.82, 2.24) is 5.32 Å². The number of alkyl halides is 1. The van der Waals surface area contributed by atoms with Crippen molar-refractivity contribution in [2.45, 2.75) is 24.9 Å². The molecule has 3 rings (SSSR count). The second kappa shape index (κ2) is 14.5. The van der Waals surface area contributed by atoms with E-state index in [-0.39, 0.29) is 23.6 Å². The van der Waals surface area contributed by atoms with Crippen LogP contribution in [0.1, 0.15) is 26.3 Å². The maximum absolute atomic E-state index is 13.1. The summed E-state index contributed by atoms with van der Waals surface area (Å²) in [6.45, 7) is 0.593. The number of benzene rings is 3. The Balaban J connectivity index is 1.77. The number of hydrogen-bond acceptors (Lipinski definition) is 8. The largest absolute Gasteiger partial charge is 0.478 e. The summed E-state index contributed by atoms with van der Waals surface area (Å²) >= 11 is 5.98. The maximum Gasteiger partial charge on any atom is 0.352 e. The minimum Gasteiger partial charge on any atom is -0.478 e. The Morgan fingerprint density at radius 2 is 1.18 bits per heavy atom. The summed E-state index contributed by atoms with van der Waals surface area (Å²) in [7, 11) is 0. The fourth-order valence-electron chi connectivity index (χ4n) is 3.32. The fraction of sp³-hybridized carbons (Fsp3) is 0.214. The molecule has 9 nitrogen and oxygen atoms in total. The molecular formula is C28H26ClNO8. The lowest BCUT2D eigenvalue weighted by Crippen LogP contribution is -2.48. The van der Waals surface area contributed by atoms with E-state index < -0.39 is 42.2 Å². The van der Waals surface area contributed by atoms with Gasteiger partial charge in [0.2, 0.25) is 12.2 Å². The monoisotopic (exact) mass is 539 g/mol. The zero-order valence-corrected chi connectivity index (χ0v) is 21.0. The first-order chi connectivity index (χ1) is 18.4. The van der Waals surface area contributed by atoms with Crippen molar-refractivity contribution in [2.24, 2.45) is 0 Å². The van der Waals surface area contributed by atoms with E-state index in [1.54, 1.807) is 36.4 Å². The van der Waals surface area contributed by atoms with E-state index in [9.17, 15) is 24.3 Å². The van der Waals surface area contributed by atoms with Gasteiger partial charge in [0.15, 0.2) is 0 Å². The molecule has 0 aliphatic heterocycles. The summed E-state index contributed by atoms with van der Waals surface area (Å²) in [5.41, 5.74) is 1.09. The van der Waals surface area contributed by atoms with Crippen molar-refractivity contribution in [1.29, 1.82) is 0 Å². The van der Waals surface area contributed by atoms with Crippen LogP contribution in [0.15, 0.2) is 91.0 Å². The Kier molecular flexibility index (Phi) is 10.8. The summed E-state index contributed by atoms with van der Waals surface area (Å²) in [5.74, 6) is -5.09. The van der Waals surface area contributed by atoms with Crippen LogP contribution in [-0.4, -0.2) is 59.7 Å². The predicted molar refractivity (Wildman–Crippen MR) is 138 cm³/mol. The number of rotatable bonds is 13. The molecule has 0 fully saturated rings. The first-order valence-corrected chi connectivity index (χ1v) is 12.2. The topological polar surface area (TPSA) is 128 Å². The molecule has 3 atom stereocenters. The molecule has 3 aromatic carbocycles. The molecule has 0 aromatic heterocycles. The minimum absolute atomic E-state index is 0.0454. The SMILES string of the molecule is O=C(OC(C(=O)O)C(OC(=O)c1ccccc1)C(=O)OC(CCl)CNCc1ccccc1)c1ccccc1. The number of ether oxygens (including phenoxy) is 3. The van der Waals surface area contributed by atoms with Crippen LogP contribution in [-0.2, 0) is 30.3 Å². The van der Waals surface area contributed by atoms with Crippen LogP contribution in [0.5, 0.6) is 0 Å². The Bertz CT molecular complexity index is 1210. The lowest BCUT2D eigenvalue weighted by Gasteiger charge is -2.25. The van der Waals surface area contributed by atoms with Crippen molar-refractivity contribution in [3.8, 4) is 0 Å². The molecule has 0 bridgehead atoms. The molecular weight excluding hydrogens is 514 g/mol. The average molecular weight is 540 g/mol. The molecule has 0 spiro atoms. The predicted octanol–water partition coefficient (Wildman–Crippen LogP) is 3.46. The third kappa shape index (κ3) is 8.43. The van der Waals surface area contributed by atoms with Crippen LogP contribution in [0.4, 0.5) is 0 Å². The summed E-state index contributed by atoms with van der Waals surface area (Å²) in [6.07, 6.45) is -5.19. The van der Waals surface area contributed by atoms with E-state index in [2.05, 4.69) is 5.32 Å². The third-order valence-corrected chi connectivity index (χ3v) is 5.58. The number of aliphatic carboxylic acids is 1. The molecule has 3 aromatic rings. The van der Waals surface area contributed by atoms with Crippen molar-refractivity contribution in [2.75, 3.05) is 12.4 Å². The first-order valence-electron chi connectivity index (χ1n) is 11.6. The highest BCUT2D eigenvalue weighted by Gasteiger charge is 2.42. The van der Waals surface area contributed by atoms with Gasteiger partial charge < -0.3 is 24.6 Å². The van der Waals surface area contributed by atoms with E-state index in [1.807, 2.05) is 30.3 Å². The number of carboxylic acids is 1. The molecule has 0 heterocycles. The number of hydrogen-bond donors (Lipinski definition) is 2. The number of nitrogens with one attached hydrogen (secondary N) is 1. The second-order valence-electron chi connectivity index (χ2n) is 8.05. The van der Waals surface area contributed by atoms with Crippen molar-refractivity contribution in [3.05, 3.63) is 108 Å². The quantitative estimate of drug-likeness (QED) is 0.190. The molecule has 0 aliphatic rings. The van der Waals surface area contributed by atoms with Gasteiger partial charge >= 0.3 is 23.9 Å². The van der Waals surface area contributed by atoms with Gasteiger partial charge in [-0.15, -0.1) is 11.6 Å². The molecule has 0 radical (unpaired) electrons. The third-order valence-electron chi connectivity index (χ3n) is 5.24. The van der Waals surface area contributed by atoms with E-state index in [0.29, 0.717) is 6.54 Å². The van der Waals surface area contributed by atoms with Crippen LogP contribution in [0.2, 0.25) is 0 Å². The van der Waals surface area contributed by atoms with Crippen LogP contribution >= 0.6 is 11.6 Å². The zero-order chi connectivity index (χ0) is 27.3. The number of esters is 3.